The summed E-state index contributed by atoms with van der Waals surface area (Å²) in [5, 5.41) is 7.41. The Kier molecular flexibility index (Phi) is 6.07. The van der Waals surface area contributed by atoms with Crippen LogP contribution in [0.25, 0.3) is 0 Å². The summed E-state index contributed by atoms with van der Waals surface area (Å²) in [6, 6.07) is 10.8. The van der Waals surface area contributed by atoms with Crippen molar-refractivity contribution >= 4 is 28.6 Å². The number of likely N-dealkylation sites (tertiary alicyclic amines) is 1. The molecule has 144 valence electrons. The van der Waals surface area contributed by atoms with Gasteiger partial charge in [-0.1, -0.05) is 0 Å². The van der Waals surface area contributed by atoms with E-state index in [4.69, 9.17) is 4.74 Å². The Labute approximate surface area is 164 Å². The van der Waals surface area contributed by atoms with Crippen LogP contribution in [0.15, 0.2) is 41.1 Å². The van der Waals surface area contributed by atoms with Crippen LogP contribution in [0.3, 0.4) is 0 Å². The lowest BCUT2D eigenvalue weighted by Crippen LogP contribution is -2.36. The molecule has 2 fully saturated rings. The molecule has 4 rings (SSSR count). The predicted octanol–water partition coefficient (Wildman–Crippen LogP) is 3.75. The van der Waals surface area contributed by atoms with Gasteiger partial charge < -0.3 is 15.0 Å². The topological polar surface area (TPSA) is 44.8 Å². The van der Waals surface area contributed by atoms with Gasteiger partial charge in [0, 0.05) is 43.5 Å². The molecule has 0 aliphatic carbocycles. The fourth-order valence-corrected chi connectivity index (χ4v) is 4.69. The van der Waals surface area contributed by atoms with E-state index in [2.05, 4.69) is 44.1 Å². The lowest BCUT2D eigenvalue weighted by atomic mass is 10.1. The van der Waals surface area contributed by atoms with Crippen molar-refractivity contribution in [2.45, 2.75) is 25.3 Å². The SMILES string of the molecule is O=C(CCN1CCC[C@@H]1c1ccsc1)Nc1ccc(N2CCOCC2)cc1. The number of carbonyl (C=O) groups is 1. The van der Waals surface area contributed by atoms with Crippen molar-refractivity contribution in [3.8, 4) is 0 Å². The number of benzene rings is 1. The van der Waals surface area contributed by atoms with Crippen molar-refractivity contribution in [2.75, 3.05) is 49.6 Å². The van der Waals surface area contributed by atoms with E-state index in [1.54, 1.807) is 11.3 Å². The summed E-state index contributed by atoms with van der Waals surface area (Å²) in [4.78, 5) is 17.1. The molecule has 0 radical (unpaired) electrons. The fraction of sp³-hybridized carbons (Fsp3) is 0.476. The maximum atomic E-state index is 12.4. The van der Waals surface area contributed by atoms with E-state index in [0.29, 0.717) is 12.5 Å². The van der Waals surface area contributed by atoms with Crippen LogP contribution in [0.4, 0.5) is 11.4 Å². The number of rotatable bonds is 6. The van der Waals surface area contributed by atoms with Crippen LogP contribution < -0.4 is 10.2 Å². The second kappa shape index (κ2) is 8.87. The van der Waals surface area contributed by atoms with Crippen LogP contribution in [0.2, 0.25) is 0 Å². The van der Waals surface area contributed by atoms with Gasteiger partial charge in [-0.25, -0.2) is 0 Å². The number of morpholine rings is 1. The summed E-state index contributed by atoms with van der Waals surface area (Å²) < 4.78 is 5.40. The predicted molar refractivity (Wildman–Crippen MR) is 111 cm³/mol. The molecular weight excluding hydrogens is 358 g/mol. The van der Waals surface area contributed by atoms with E-state index in [1.807, 2.05) is 12.1 Å². The number of anilines is 2. The van der Waals surface area contributed by atoms with Crippen molar-refractivity contribution in [3.63, 3.8) is 0 Å². The summed E-state index contributed by atoms with van der Waals surface area (Å²) in [6.45, 7) is 5.31. The first kappa shape index (κ1) is 18.5. The van der Waals surface area contributed by atoms with Crippen LogP contribution in [0.1, 0.15) is 30.9 Å². The smallest absolute Gasteiger partial charge is 0.225 e. The maximum Gasteiger partial charge on any atom is 0.225 e. The van der Waals surface area contributed by atoms with E-state index >= 15 is 0 Å². The number of ether oxygens (including phenoxy) is 1. The molecule has 2 aliphatic rings. The minimum Gasteiger partial charge on any atom is -0.378 e. The zero-order chi connectivity index (χ0) is 18.5. The standard InChI is InChI=1S/C21H27N3O2S/c25-21(7-10-24-9-1-2-20(24)17-8-15-27-16-17)22-18-3-5-19(6-4-18)23-11-13-26-14-12-23/h3-6,8,15-16,20H,1-2,7,9-14H2,(H,22,25)/t20-/m1/s1. The van der Waals surface area contributed by atoms with Gasteiger partial charge in [0.25, 0.3) is 0 Å². The van der Waals surface area contributed by atoms with E-state index in [0.717, 1.165) is 45.1 Å². The molecule has 0 bridgehead atoms. The molecule has 6 heteroatoms. The Morgan fingerprint density at radius 3 is 2.70 bits per heavy atom. The third-order valence-electron chi connectivity index (χ3n) is 5.44. The minimum absolute atomic E-state index is 0.0880. The maximum absolute atomic E-state index is 12.4. The number of nitrogens with zero attached hydrogens (tertiary/aromatic N) is 2. The molecule has 2 aliphatic heterocycles. The molecule has 27 heavy (non-hydrogen) atoms. The molecule has 0 spiro atoms. The van der Waals surface area contributed by atoms with Crippen molar-refractivity contribution in [3.05, 3.63) is 46.7 Å². The van der Waals surface area contributed by atoms with E-state index in [9.17, 15) is 4.79 Å². The van der Waals surface area contributed by atoms with Crippen LogP contribution in [-0.4, -0.2) is 50.2 Å². The monoisotopic (exact) mass is 385 g/mol. The summed E-state index contributed by atoms with van der Waals surface area (Å²) in [6.07, 6.45) is 2.94. The zero-order valence-electron chi connectivity index (χ0n) is 15.6. The second-order valence-corrected chi connectivity index (χ2v) is 7.98. The fourth-order valence-electron chi connectivity index (χ4n) is 3.98. The summed E-state index contributed by atoms with van der Waals surface area (Å²) in [5.41, 5.74) is 3.45. The highest BCUT2D eigenvalue weighted by atomic mass is 32.1. The molecule has 2 saturated heterocycles. The molecule has 1 aromatic heterocycles. The van der Waals surface area contributed by atoms with E-state index in [-0.39, 0.29) is 5.91 Å². The molecule has 5 nitrogen and oxygen atoms in total. The Balaban J connectivity index is 1.26. The van der Waals surface area contributed by atoms with Gasteiger partial charge in [0.05, 0.1) is 13.2 Å². The summed E-state index contributed by atoms with van der Waals surface area (Å²) in [7, 11) is 0. The highest BCUT2D eigenvalue weighted by Crippen LogP contribution is 2.33. The Morgan fingerprint density at radius 1 is 1.15 bits per heavy atom. The quantitative estimate of drug-likeness (QED) is 0.823. The Morgan fingerprint density at radius 2 is 1.96 bits per heavy atom. The average Bonchev–Trinajstić information content (AvgIpc) is 3.39. The van der Waals surface area contributed by atoms with Gasteiger partial charge >= 0.3 is 0 Å². The van der Waals surface area contributed by atoms with Crippen molar-refractivity contribution in [1.82, 2.24) is 4.90 Å². The van der Waals surface area contributed by atoms with Crippen LogP contribution >= 0.6 is 11.3 Å². The molecule has 0 unspecified atom stereocenters. The Hall–Kier alpha value is -1.89. The first-order valence-electron chi connectivity index (χ1n) is 9.78. The molecule has 2 aromatic rings. The number of hydrogen-bond acceptors (Lipinski definition) is 5. The second-order valence-electron chi connectivity index (χ2n) is 7.20. The van der Waals surface area contributed by atoms with E-state index in [1.165, 1.54) is 24.1 Å². The van der Waals surface area contributed by atoms with Crippen molar-refractivity contribution in [1.29, 1.82) is 0 Å². The van der Waals surface area contributed by atoms with Gasteiger partial charge in [-0.05, 0) is 66.0 Å². The van der Waals surface area contributed by atoms with Gasteiger partial charge in [-0.15, -0.1) is 0 Å². The highest BCUT2D eigenvalue weighted by molar-refractivity contribution is 7.07. The van der Waals surface area contributed by atoms with Gasteiger partial charge in [-0.3, -0.25) is 9.69 Å². The molecule has 0 saturated carbocycles. The lowest BCUT2D eigenvalue weighted by Gasteiger charge is -2.28. The molecule has 1 aromatic carbocycles. The molecule has 1 amide bonds. The molecule has 1 N–H and O–H groups in total. The normalized spacial score (nSPS) is 20.7. The first-order chi connectivity index (χ1) is 13.3. The van der Waals surface area contributed by atoms with Crippen LogP contribution in [-0.2, 0) is 9.53 Å². The highest BCUT2D eigenvalue weighted by Gasteiger charge is 2.26. The third-order valence-corrected chi connectivity index (χ3v) is 6.15. The van der Waals surface area contributed by atoms with E-state index < -0.39 is 0 Å². The van der Waals surface area contributed by atoms with Crippen LogP contribution in [0.5, 0.6) is 0 Å². The number of nitrogens with one attached hydrogen (secondary N) is 1. The summed E-state index contributed by atoms with van der Waals surface area (Å²) in [5.74, 6) is 0.0880. The number of amides is 1. The first-order valence-corrected chi connectivity index (χ1v) is 10.7. The zero-order valence-corrected chi connectivity index (χ0v) is 16.4. The van der Waals surface area contributed by atoms with Gasteiger partial charge in [0.2, 0.25) is 5.91 Å². The minimum atomic E-state index is 0.0880. The summed E-state index contributed by atoms with van der Waals surface area (Å²) >= 11 is 1.75. The molecule has 1 atom stereocenters. The number of carbonyl (C=O) groups excluding carboxylic acids is 1. The third kappa shape index (κ3) is 4.69. The molecular formula is C21H27N3O2S. The molecule has 3 heterocycles. The number of thiophene rings is 1. The van der Waals surface area contributed by atoms with Crippen LogP contribution in [0, 0.1) is 0 Å². The van der Waals surface area contributed by atoms with Gasteiger partial charge in [-0.2, -0.15) is 11.3 Å². The Bertz CT molecular complexity index is 726. The van der Waals surface area contributed by atoms with Crippen molar-refractivity contribution in [2.24, 2.45) is 0 Å². The van der Waals surface area contributed by atoms with Crippen molar-refractivity contribution < 1.29 is 9.53 Å². The average molecular weight is 386 g/mol. The van der Waals surface area contributed by atoms with Gasteiger partial charge in [0.15, 0.2) is 0 Å². The van der Waals surface area contributed by atoms with Gasteiger partial charge in [0.1, 0.15) is 0 Å². The largest absolute Gasteiger partial charge is 0.378 e. The lowest BCUT2D eigenvalue weighted by molar-refractivity contribution is -0.116. The number of hydrogen-bond donors (Lipinski definition) is 1.